The summed E-state index contributed by atoms with van der Waals surface area (Å²) in [6.07, 6.45) is 0. The Kier molecular flexibility index (Phi) is 37.6. The maximum absolute atomic E-state index is 10.7. The molecule has 10 nitrogen and oxygen atoms in total. The van der Waals surface area contributed by atoms with E-state index in [1.165, 1.54) is 27.7 Å². The molecule has 170 valence electrons. The largest absolute Gasteiger partial charge is 2.00 e. The number of hydrogen-bond donors (Lipinski definition) is 0. The minimum absolute atomic E-state index is 0. The van der Waals surface area contributed by atoms with Crippen LogP contribution in [0, 0.1) is 45.3 Å². The Morgan fingerprint density at radius 3 is 0.621 bits per heavy atom. The smallest absolute Gasteiger partial charge is 0.741 e. The minimum Gasteiger partial charge on any atom is -0.741 e. The van der Waals surface area contributed by atoms with Crippen LogP contribution in [0.4, 0.5) is 26.3 Å². The summed E-state index contributed by atoms with van der Waals surface area (Å²) in [4.78, 5) is 0. The van der Waals surface area contributed by atoms with Crippen molar-refractivity contribution in [2.24, 2.45) is 0 Å². The average molecular weight is 518 g/mol. The Balaban J connectivity index is -0.0000000429. The van der Waals surface area contributed by atoms with Crippen molar-refractivity contribution in [3.8, 4) is 24.3 Å². The summed E-state index contributed by atoms with van der Waals surface area (Å²) in [5.41, 5.74) is -11.3. The molecule has 0 aromatic carbocycles. The maximum Gasteiger partial charge on any atom is 2.00 e. The standard InChI is InChI=1S/4C2H3N.2CHF3O3S.Fe/c4*1-2-3;2*2-1(3,4)8(5,6)7;/h4*1H3;2*(H,5,6,7);/q;;;;;;+2/p-2. The van der Waals surface area contributed by atoms with Crippen LogP contribution >= 0.6 is 0 Å². The third-order valence-electron chi connectivity index (χ3n) is 0.567. The van der Waals surface area contributed by atoms with Crippen LogP contribution in [0.3, 0.4) is 0 Å². The average Bonchev–Trinajstić information content (AvgIpc) is 2.38. The van der Waals surface area contributed by atoms with Gasteiger partial charge >= 0.3 is 28.1 Å². The first-order valence-electron chi connectivity index (χ1n) is 5.44. The van der Waals surface area contributed by atoms with Gasteiger partial charge in [-0.2, -0.15) is 47.4 Å². The summed E-state index contributed by atoms with van der Waals surface area (Å²) in [5, 5.41) is 29.3. The number of nitriles is 4. The molecule has 0 N–H and O–H groups in total. The Morgan fingerprint density at radius 1 is 0.586 bits per heavy atom. The van der Waals surface area contributed by atoms with Crippen LogP contribution in [-0.2, 0) is 37.3 Å². The number of hydrogen-bond acceptors (Lipinski definition) is 10. The topological polar surface area (TPSA) is 210 Å². The zero-order valence-corrected chi connectivity index (χ0v) is 17.4. The van der Waals surface area contributed by atoms with Gasteiger partial charge in [0.1, 0.15) is 0 Å². The maximum atomic E-state index is 10.7. The number of halogens is 6. The van der Waals surface area contributed by atoms with Crippen molar-refractivity contribution in [3.63, 3.8) is 0 Å². The van der Waals surface area contributed by atoms with Gasteiger partial charge in [-0.3, -0.25) is 0 Å². The number of rotatable bonds is 0. The van der Waals surface area contributed by atoms with Gasteiger partial charge in [0.25, 0.3) is 0 Å². The van der Waals surface area contributed by atoms with E-state index in [4.69, 9.17) is 47.0 Å². The third kappa shape index (κ3) is 58.5. The number of nitrogens with zero attached hydrogens (tertiary/aromatic N) is 4. The van der Waals surface area contributed by atoms with Crippen molar-refractivity contribution in [1.29, 1.82) is 21.0 Å². The molecule has 0 aromatic heterocycles. The van der Waals surface area contributed by atoms with Gasteiger partial charge in [0, 0.05) is 27.7 Å². The molecule has 0 fully saturated rings. The molecule has 0 aliphatic rings. The van der Waals surface area contributed by atoms with Gasteiger partial charge in [-0.15, -0.1) is 0 Å². The summed E-state index contributed by atoms with van der Waals surface area (Å²) >= 11 is 0. The Labute approximate surface area is 173 Å². The summed E-state index contributed by atoms with van der Waals surface area (Å²) in [7, 11) is -12.2. The van der Waals surface area contributed by atoms with E-state index in [1.54, 1.807) is 24.3 Å². The minimum atomic E-state index is -6.09. The molecule has 0 amide bonds. The van der Waals surface area contributed by atoms with Gasteiger partial charge in [-0.1, -0.05) is 0 Å². The number of alkyl halides is 6. The van der Waals surface area contributed by atoms with Crippen LogP contribution in [0.15, 0.2) is 0 Å². The quantitative estimate of drug-likeness (QED) is 0.197. The van der Waals surface area contributed by atoms with Gasteiger partial charge in [-0.05, 0) is 0 Å². The van der Waals surface area contributed by atoms with Crippen molar-refractivity contribution in [3.05, 3.63) is 0 Å². The van der Waals surface area contributed by atoms with Crippen molar-refractivity contribution < 1.29 is 69.4 Å². The van der Waals surface area contributed by atoms with Crippen LogP contribution in [0.5, 0.6) is 0 Å². The molecule has 29 heavy (non-hydrogen) atoms. The fourth-order valence-corrected chi connectivity index (χ4v) is 0. The predicted molar refractivity (Wildman–Crippen MR) is 76.7 cm³/mol. The van der Waals surface area contributed by atoms with E-state index < -0.39 is 31.3 Å². The molecule has 0 bridgehead atoms. The zero-order chi connectivity index (χ0) is 24.8. The molecular formula is C10H12F6FeN4O6S2. The Hall–Kier alpha value is -2.12. The molecule has 0 aromatic rings. The molecule has 0 saturated heterocycles. The molecule has 0 unspecified atom stereocenters. The summed E-state index contributed by atoms with van der Waals surface area (Å²) in [6, 6.07) is 7.00. The fraction of sp³-hybridized carbons (Fsp3) is 0.600. The van der Waals surface area contributed by atoms with Gasteiger partial charge in [-0.25, -0.2) is 16.8 Å². The Bertz CT molecular complexity index is 665. The molecule has 0 atom stereocenters. The van der Waals surface area contributed by atoms with Gasteiger partial charge in [0.15, 0.2) is 20.2 Å². The Morgan fingerprint density at radius 2 is 0.621 bits per heavy atom. The van der Waals surface area contributed by atoms with Crippen LogP contribution in [0.25, 0.3) is 0 Å². The van der Waals surface area contributed by atoms with Crippen LogP contribution < -0.4 is 0 Å². The fourth-order valence-electron chi connectivity index (χ4n) is 0. The SMILES string of the molecule is CC#N.CC#N.CC#N.CC#N.O=S(=O)([O-])C(F)(F)F.O=S(=O)([O-])C(F)(F)F.[Fe+2]. The van der Waals surface area contributed by atoms with E-state index >= 15 is 0 Å². The summed E-state index contributed by atoms with van der Waals surface area (Å²) < 4.78 is 118. The third-order valence-corrected chi connectivity index (χ3v) is 1.70. The molecule has 0 spiro atoms. The second-order valence-corrected chi connectivity index (χ2v) is 5.44. The van der Waals surface area contributed by atoms with E-state index in [0.717, 1.165) is 0 Å². The summed E-state index contributed by atoms with van der Waals surface area (Å²) in [5.74, 6) is 0. The monoisotopic (exact) mass is 518 g/mol. The van der Waals surface area contributed by atoms with Crippen molar-refractivity contribution in [2.75, 3.05) is 0 Å². The molecule has 0 aliphatic carbocycles. The molecule has 19 heteroatoms. The molecule has 0 saturated carbocycles. The van der Waals surface area contributed by atoms with E-state index in [9.17, 15) is 26.3 Å². The van der Waals surface area contributed by atoms with Gasteiger partial charge < -0.3 is 9.11 Å². The second kappa shape index (κ2) is 23.9. The first-order valence-corrected chi connectivity index (χ1v) is 8.25. The molecule has 0 aliphatic heterocycles. The van der Waals surface area contributed by atoms with E-state index in [1.807, 2.05) is 0 Å². The van der Waals surface area contributed by atoms with Crippen LogP contribution in [0.1, 0.15) is 27.7 Å². The molecule has 0 radical (unpaired) electrons. The van der Waals surface area contributed by atoms with E-state index in [2.05, 4.69) is 0 Å². The van der Waals surface area contributed by atoms with Crippen molar-refractivity contribution in [1.82, 2.24) is 0 Å². The normalized spacial score (nSPS) is 8.83. The van der Waals surface area contributed by atoms with Gasteiger partial charge in [0.05, 0.1) is 24.3 Å². The first-order chi connectivity index (χ1) is 12.2. The van der Waals surface area contributed by atoms with Crippen molar-refractivity contribution >= 4 is 20.2 Å². The van der Waals surface area contributed by atoms with Crippen molar-refractivity contribution in [2.45, 2.75) is 38.7 Å². The van der Waals surface area contributed by atoms with E-state index in [-0.39, 0.29) is 17.1 Å². The van der Waals surface area contributed by atoms with Crippen LogP contribution in [0.2, 0.25) is 0 Å². The second-order valence-electron chi connectivity index (χ2n) is 2.69. The van der Waals surface area contributed by atoms with Gasteiger partial charge in [0.2, 0.25) is 0 Å². The zero-order valence-electron chi connectivity index (χ0n) is 14.7. The first kappa shape index (κ1) is 45.6. The predicted octanol–water partition coefficient (Wildman–Crippen LogP) is 2.22. The van der Waals surface area contributed by atoms with Crippen LogP contribution in [-0.4, -0.2) is 37.0 Å². The molecule has 0 heterocycles. The van der Waals surface area contributed by atoms with E-state index in [0.29, 0.717) is 0 Å². The summed E-state index contributed by atoms with van der Waals surface area (Å²) in [6.45, 7) is 5.72. The molecular weight excluding hydrogens is 506 g/mol. The molecule has 0 rings (SSSR count).